The van der Waals surface area contributed by atoms with Gasteiger partial charge in [-0.25, -0.2) is 9.59 Å². The van der Waals surface area contributed by atoms with E-state index in [0.29, 0.717) is 11.1 Å². The fraction of sp³-hybridized carbons (Fsp3) is 0. The molecule has 0 radical (unpaired) electrons. The van der Waals surface area contributed by atoms with Gasteiger partial charge in [-0.3, -0.25) is 9.59 Å². The van der Waals surface area contributed by atoms with Gasteiger partial charge in [0.05, 0.1) is 0 Å². The maximum absolute atomic E-state index is 10.8. The third-order valence-electron chi connectivity index (χ3n) is 2.21. The highest BCUT2D eigenvalue weighted by atomic mass is 16.4. The van der Waals surface area contributed by atoms with Crippen LogP contribution in [0.5, 0.6) is 0 Å². The number of benzene rings is 1. The van der Waals surface area contributed by atoms with Gasteiger partial charge in [0.15, 0.2) is 0 Å². The van der Waals surface area contributed by atoms with E-state index in [-0.39, 0.29) is 0 Å². The van der Waals surface area contributed by atoms with E-state index in [1.807, 2.05) is 0 Å². The number of aliphatic carboxylic acids is 2. The molecule has 0 atom stereocenters. The number of ketones is 2. The van der Waals surface area contributed by atoms with Gasteiger partial charge in [0.2, 0.25) is 0 Å². The van der Waals surface area contributed by atoms with E-state index in [1.165, 1.54) is 12.2 Å². The van der Waals surface area contributed by atoms with Gasteiger partial charge in [-0.2, -0.15) is 0 Å². The molecule has 0 spiro atoms. The highest BCUT2D eigenvalue weighted by molar-refractivity contribution is 6.38. The van der Waals surface area contributed by atoms with Gasteiger partial charge in [-0.15, -0.1) is 0 Å². The maximum atomic E-state index is 10.8. The molecule has 1 rings (SSSR count). The van der Waals surface area contributed by atoms with Crippen molar-refractivity contribution in [1.29, 1.82) is 0 Å². The fourth-order valence-electron chi connectivity index (χ4n) is 1.20. The van der Waals surface area contributed by atoms with Crippen molar-refractivity contribution in [3.8, 4) is 0 Å². The predicted octanol–water partition coefficient (Wildman–Crippen LogP) is 1.02. The summed E-state index contributed by atoms with van der Waals surface area (Å²) in [4.78, 5) is 42.2. The molecular weight excluding hydrogens is 264 g/mol. The normalized spacial score (nSPS) is 10.8. The van der Waals surface area contributed by atoms with Crippen LogP contribution in [0.4, 0.5) is 0 Å². The molecule has 0 amide bonds. The summed E-state index contributed by atoms with van der Waals surface area (Å²) in [5.41, 5.74) is 1.20. The van der Waals surface area contributed by atoms with Crippen LogP contribution < -0.4 is 0 Å². The molecule has 20 heavy (non-hydrogen) atoms. The van der Waals surface area contributed by atoms with Gasteiger partial charge in [-0.05, 0) is 23.3 Å². The van der Waals surface area contributed by atoms with E-state index in [0.717, 1.165) is 12.2 Å². The van der Waals surface area contributed by atoms with Crippen LogP contribution in [0, 0.1) is 0 Å². The van der Waals surface area contributed by atoms with Crippen molar-refractivity contribution in [1.82, 2.24) is 0 Å². The smallest absolute Gasteiger partial charge is 0.376 e. The molecule has 0 aliphatic heterocycles. The van der Waals surface area contributed by atoms with Crippen LogP contribution in [0.25, 0.3) is 12.2 Å². The van der Waals surface area contributed by atoms with Gasteiger partial charge < -0.3 is 10.2 Å². The molecular formula is C14H10O6. The van der Waals surface area contributed by atoms with Gasteiger partial charge >= 0.3 is 11.9 Å². The Bertz CT molecular complexity index is 552. The molecule has 0 heterocycles. The number of carboxylic acid groups (broad SMARTS) is 2. The molecule has 0 aliphatic rings. The SMILES string of the molecule is O=C(O)C(=O)C=Cc1ccc(C=CC(=O)C(=O)O)cc1. The summed E-state index contributed by atoms with van der Waals surface area (Å²) in [6.07, 6.45) is 4.54. The molecule has 0 unspecified atom stereocenters. The van der Waals surface area contributed by atoms with Crippen LogP contribution in [-0.4, -0.2) is 33.7 Å². The average molecular weight is 274 g/mol. The zero-order chi connectivity index (χ0) is 15.1. The Balaban J connectivity index is 2.75. The number of carbonyl (C=O) groups is 4. The Morgan fingerprint density at radius 3 is 1.25 bits per heavy atom. The monoisotopic (exact) mass is 274 g/mol. The zero-order valence-electron chi connectivity index (χ0n) is 10.1. The van der Waals surface area contributed by atoms with Crippen molar-refractivity contribution >= 4 is 35.7 Å². The van der Waals surface area contributed by atoms with Crippen LogP contribution >= 0.6 is 0 Å². The molecule has 6 nitrogen and oxygen atoms in total. The average Bonchev–Trinajstić information content (AvgIpc) is 2.42. The summed E-state index contributed by atoms with van der Waals surface area (Å²) in [6.45, 7) is 0. The number of hydrogen-bond donors (Lipinski definition) is 2. The molecule has 0 aromatic heterocycles. The van der Waals surface area contributed by atoms with Crippen molar-refractivity contribution in [3.05, 3.63) is 47.5 Å². The van der Waals surface area contributed by atoms with E-state index in [1.54, 1.807) is 24.3 Å². The van der Waals surface area contributed by atoms with Crippen molar-refractivity contribution in [2.75, 3.05) is 0 Å². The zero-order valence-corrected chi connectivity index (χ0v) is 10.1. The Labute approximate surface area is 113 Å². The van der Waals surface area contributed by atoms with Crippen LogP contribution in [-0.2, 0) is 19.2 Å². The maximum Gasteiger partial charge on any atom is 0.376 e. The van der Waals surface area contributed by atoms with Crippen LogP contribution in [0.2, 0.25) is 0 Å². The van der Waals surface area contributed by atoms with Crippen molar-refractivity contribution in [2.24, 2.45) is 0 Å². The lowest BCUT2D eigenvalue weighted by Crippen LogP contribution is -2.08. The molecule has 1 aromatic carbocycles. The van der Waals surface area contributed by atoms with Gasteiger partial charge in [0.25, 0.3) is 11.6 Å². The Hall–Kier alpha value is -3.02. The molecule has 6 heteroatoms. The fourth-order valence-corrected chi connectivity index (χ4v) is 1.20. The largest absolute Gasteiger partial charge is 0.475 e. The lowest BCUT2D eigenvalue weighted by atomic mass is 10.1. The van der Waals surface area contributed by atoms with Crippen LogP contribution in [0.15, 0.2) is 36.4 Å². The van der Waals surface area contributed by atoms with E-state index in [9.17, 15) is 19.2 Å². The van der Waals surface area contributed by atoms with Gasteiger partial charge in [-0.1, -0.05) is 36.4 Å². The first-order valence-corrected chi connectivity index (χ1v) is 5.41. The van der Waals surface area contributed by atoms with Gasteiger partial charge in [0, 0.05) is 0 Å². The summed E-state index contributed by atoms with van der Waals surface area (Å²) in [7, 11) is 0. The van der Waals surface area contributed by atoms with E-state index in [4.69, 9.17) is 10.2 Å². The second-order valence-corrected chi connectivity index (χ2v) is 3.67. The second-order valence-electron chi connectivity index (χ2n) is 3.67. The molecule has 0 bridgehead atoms. The lowest BCUT2D eigenvalue weighted by Gasteiger charge is -1.95. The molecule has 2 N–H and O–H groups in total. The Kier molecular flexibility index (Phi) is 5.11. The summed E-state index contributed by atoms with van der Waals surface area (Å²) in [5.74, 6) is -5.12. The summed E-state index contributed by atoms with van der Waals surface area (Å²) < 4.78 is 0. The topological polar surface area (TPSA) is 109 Å². The minimum Gasteiger partial charge on any atom is -0.475 e. The predicted molar refractivity (Wildman–Crippen MR) is 69.8 cm³/mol. The molecule has 0 aliphatic carbocycles. The molecule has 0 fully saturated rings. The molecule has 102 valence electrons. The minimum absolute atomic E-state index is 0.598. The third kappa shape index (κ3) is 4.69. The standard InChI is InChI=1S/C14H10O6/c15-11(13(17)18)7-5-9-1-2-10(4-3-9)6-8-12(16)14(19)20/h1-8H,(H,17,18)(H,19,20). The quantitative estimate of drug-likeness (QED) is 0.592. The lowest BCUT2D eigenvalue weighted by molar-refractivity contribution is -0.146. The number of rotatable bonds is 6. The molecule has 1 aromatic rings. The molecule has 0 saturated heterocycles. The number of carbonyl (C=O) groups excluding carboxylic acids is 2. The number of hydrogen-bond acceptors (Lipinski definition) is 4. The van der Waals surface area contributed by atoms with E-state index < -0.39 is 23.5 Å². The Morgan fingerprint density at radius 1 is 0.700 bits per heavy atom. The van der Waals surface area contributed by atoms with Crippen LogP contribution in [0.3, 0.4) is 0 Å². The number of carboxylic acids is 2. The highest BCUT2D eigenvalue weighted by Gasteiger charge is 2.06. The van der Waals surface area contributed by atoms with E-state index >= 15 is 0 Å². The summed E-state index contributed by atoms with van der Waals surface area (Å²) >= 11 is 0. The van der Waals surface area contributed by atoms with Gasteiger partial charge in [0.1, 0.15) is 0 Å². The van der Waals surface area contributed by atoms with E-state index in [2.05, 4.69) is 0 Å². The first-order valence-electron chi connectivity index (χ1n) is 5.41. The van der Waals surface area contributed by atoms with Crippen molar-refractivity contribution < 1.29 is 29.4 Å². The second kappa shape index (κ2) is 6.79. The Morgan fingerprint density at radius 2 is 1.00 bits per heavy atom. The first kappa shape index (κ1) is 15.0. The van der Waals surface area contributed by atoms with Crippen molar-refractivity contribution in [3.63, 3.8) is 0 Å². The third-order valence-corrected chi connectivity index (χ3v) is 2.21. The highest BCUT2D eigenvalue weighted by Crippen LogP contribution is 2.08. The van der Waals surface area contributed by atoms with Crippen molar-refractivity contribution in [2.45, 2.75) is 0 Å². The first-order chi connectivity index (χ1) is 9.40. The minimum atomic E-state index is -1.53. The van der Waals surface area contributed by atoms with Crippen LogP contribution in [0.1, 0.15) is 11.1 Å². The summed E-state index contributed by atoms with van der Waals surface area (Å²) in [6, 6.07) is 6.38. The summed E-state index contributed by atoms with van der Waals surface area (Å²) in [5, 5.41) is 16.8. The molecule has 0 saturated carbocycles.